The molecule has 0 heterocycles. The van der Waals surface area contributed by atoms with E-state index in [1.165, 1.54) is 27.8 Å². The Kier molecular flexibility index (Phi) is 5.83. The minimum absolute atomic E-state index is 0.104. The van der Waals surface area contributed by atoms with Gasteiger partial charge in [-0.25, -0.2) is 0 Å². The van der Waals surface area contributed by atoms with Gasteiger partial charge in [-0.05, 0) is 66.1 Å². The van der Waals surface area contributed by atoms with Crippen molar-refractivity contribution in [2.45, 2.75) is 39.3 Å². The zero-order valence-electron chi connectivity index (χ0n) is 19.3. The van der Waals surface area contributed by atoms with Gasteiger partial charge in [0.1, 0.15) is 0 Å². The summed E-state index contributed by atoms with van der Waals surface area (Å²) in [5.41, 5.74) is 9.20. The van der Waals surface area contributed by atoms with Crippen molar-refractivity contribution in [2.75, 3.05) is 0 Å². The lowest BCUT2D eigenvalue weighted by Crippen LogP contribution is -2.40. The summed E-state index contributed by atoms with van der Waals surface area (Å²) in [5.74, 6) is 0.104. The Morgan fingerprint density at radius 3 is 2.06 bits per heavy atom. The molecule has 33 heavy (non-hydrogen) atoms. The molecule has 4 aromatic carbocycles. The van der Waals surface area contributed by atoms with Gasteiger partial charge >= 0.3 is 0 Å². The first-order chi connectivity index (χ1) is 16.1. The number of carbonyl (C=O) groups is 1. The minimum Gasteiger partial charge on any atom is -0.331 e. The zero-order valence-corrected chi connectivity index (χ0v) is 19.3. The molecule has 0 bridgehead atoms. The maximum absolute atomic E-state index is 14.2. The normalized spacial score (nSPS) is 13.0. The van der Waals surface area contributed by atoms with Crippen LogP contribution in [-0.2, 0) is 19.4 Å². The fourth-order valence-corrected chi connectivity index (χ4v) is 4.90. The van der Waals surface area contributed by atoms with Crippen LogP contribution in [0.3, 0.4) is 0 Å². The van der Waals surface area contributed by atoms with Crippen LogP contribution in [0.5, 0.6) is 0 Å². The molecule has 164 valence electrons. The number of amides is 1. The first-order valence-electron chi connectivity index (χ1n) is 11.7. The van der Waals surface area contributed by atoms with Gasteiger partial charge in [-0.15, -0.1) is 0 Å². The van der Waals surface area contributed by atoms with Gasteiger partial charge in [-0.3, -0.25) is 4.79 Å². The number of fused-ring (bicyclic) bond motifs is 1. The number of benzene rings is 4. The van der Waals surface area contributed by atoms with Crippen LogP contribution in [0.2, 0.25) is 0 Å². The fourth-order valence-electron chi connectivity index (χ4n) is 4.90. The number of rotatable bonds is 5. The Balaban J connectivity index is 1.54. The van der Waals surface area contributed by atoms with E-state index in [4.69, 9.17) is 0 Å². The second kappa shape index (κ2) is 9.07. The molecule has 1 amide bonds. The van der Waals surface area contributed by atoms with Crippen LogP contribution >= 0.6 is 0 Å². The van der Waals surface area contributed by atoms with E-state index >= 15 is 0 Å². The van der Waals surface area contributed by atoms with Crippen LogP contribution in [0.25, 0.3) is 11.1 Å². The lowest BCUT2D eigenvalue weighted by Gasteiger charge is -2.30. The minimum atomic E-state index is 0.104. The molecule has 4 aromatic rings. The molecule has 0 saturated carbocycles. The highest BCUT2D eigenvalue weighted by Crippen LogP contribution is 2.31. The van der Waals surface area contributed by atoms with Crippen LogP contribution < -0.4 is 0 Å². The second-order valence-corrected chi connectivity index (χ2v) is 9.10. The molecule has 5 rings (SSSR count). The Morgan fingerprint density at radius 1 is 0.758 bits per heavy atom. The molecule has 0 fully saturated rings. The summed E-state index contributed by atoms with van der Waals surface area (Å²) in [6, 6.07) is 33.6. The average molecular weight is 432 g/mol. The smallest absolute Gasteiger partial charge is 0.255 e. The maximum atomic E-state index is 14.2. The Labute approximate surface area is 196 Å². The molecular formula is C31H29NO. The van der Waals surface area contributed by atoms with Crippen molar-refractivity contribution in [3.05, 3.63) is 130 Å². The first-order valence-corrected chi connectivity index (χ1v) is 11.7. The standard InChI is InChI=1S/C31H29NO/c1-22-15-17-24(18-16-22)29-13-7-8-14-30(29)31(33)32(21-27-12-4-3-9-23(27)2)28-19-25-10-5-6-11-26(25)20-28/h3-18,28H,19-21H2,1-2H3. The molecule has 0 spiro atoms. The third-order valence-electron chi connectivity index (χ3n) is 6.85. The Hall–Kier alpha value is -3.65. The van der Waals surface area contributed by atoms with Gasteiger partial charge in [0.2, 0.25) is 0 Å². The zero-order chi connectivity index (χ0) is 22.8. The number of hydrogen-bond acceptors (Lipinski definition) is 1. The number of aryl methyl sites for hydroxylation is 2. The highest BCUT2D eigenvalue weighted by molar-refractivity contribution is 6.01. The van der Waals surface area contributed by atoms with Crippen molar-refractivity contribution < 1.29 is 4.79 Å². The van der Waals surface area contributed by atoms with Gasteiger partial charge in [0.25, 0.3) is 5.91 Å². The number of carbonyl (C=O) groups excluding carboxylic acids is 1. The summed E-state index contributed by atoms with van der Waals surface area (Å²) >= 11 is 0. The van der Waals surface area contributed by atoms with Crippen molar-refractivity contribution in [3.8, 4) is 11.1 Å². The predicted molar refractivity (Wildman–Crippen MR) is 135 cm³/mol. The molecule has 0 atom stereocenters. The van der Waals surface area contributed by atoms with E-state index in [0.29, 0.717) is 6.54 Å². The van der Waals surface area contributed by atoms with Crippen LogP contribution in [-0.4, -0.2) is 16.8 Å². The Morgan fingerprint density at radius 2 is 1.36 bits per heavy atom. The molecule has 0 N–H and O–H groups in total. The fraction of sp³-hybridized carbons (Fsp3) is 0.194. The summed E-state index contributed by atoms with van der Waals surface area (Å²) in [6.07, 6.45) is 1.81. The average Bonchev–Trinajstić information content (AvgIpc) is 3.28. The Bertz CT molecular complexity index is 1260. The van der Waals surface area contributed by atoms with Crippen LogP contribution in [0.1, 0.15) is 38.2 Å². The molecule has 1 aliphatic carbocycles. The third-order valence-corrected chi connectivity index (χ3v) is 6.85. The van der Waals surface area contributed by atoms with Crippen molar-refractivity contribution in [1.82, 2.24) is 4.90 Å². The molecule has 0 aliphatic heterocycles. The highest BCUT2D eigenvalue weighted by Gasteiger charge is 2.31. The van der Waals surface area contributed by atoms with E-state index in [-0.39, 0.29) is 11.9 Å². The van der Waals surface area contributed by atoms with E-state index in [9.17, 15) is 4.79 Å². The van der Waals surface area contributed by atoms with Gasteiger partial charge in [-0.1, -0.05) is 96.6 Å². The summed E-state index contributed by atoms with van der Waals surface area (Å²) in [6.45, 7) is 4.83. The lowest BCUT2D eigenvalue weighted by molar-refractivity contribution is 0.0668. The first kappa shape index (κ1) is 21.2. The van der Waals surface area contributed by atoms with Gasteiger partial charge in [0, 0.05) is 18.2 Å². The summed E-state index contributed by atoms with van der Waals surface area (Å²) in [4.78, 5) is 16.3. The quantitative estimate of drug-likeness (QED) is 0.341. The van der Waals surface area contributed by atoms with Gasteiger partial charge < -0.3 is 4.90 Å². The number of hydrogen-bond donors (Lipinski definition) is 0. The monoisotopic (exact) mass is 431 g/mol. The molecule has 2 heteroatoms. The van der Waals surface area contributed by atoms with E-state index in [1.807, 2.05) is 18.2 Å². The topological polar surface area (TPSA) is 20.3 Å². The lowest BCUT2D eigenvalue weighted by atomic mass is 9.97. The maximum Gasteiger partial charge on any atom is 0.255 e. The molecule has 1 aliphatic rings. The molecule has 2 nitrogen and oxygen atoms in total. The van der Waals surface area contributed by atoms with Crippen molar-refractivity contribution in [1.29, 1.82) is 0 Å². The van der Waals surface area contributed by atoms with Crippen molar-refractivity contribution >= 4 is 5.91 Å². The second-order valence-electron chi connectivity index (χ2n) is 9.10. The highest BCUT2D eigenvalue weighted by atomic mass is 16.2. The summed E-state index contributed by atoms with van der Waals surface area (Å²) in [5, 5.41) is 0. The summed E-state index contributed by atoms with van der Waals surface area (Å²) < 4.78 is 0. The third kappa shape index (κ3) is 4.34. The van der Waals surface area contributed by atoms with Crippen LogP contribution in [0.15, 0.2) is 97.1 Å². The molecule has 0 saturated heterocycles. The van der Waals surface area contributed by atoms with Gasteiger partial charge in [0.15, 0.2) is 0 Å². The van der Waals surface area contributed by atoms with Crippen molar-refractivity contribution in [2.24, 2.45) is 0 Å². The SMILES string of the molecule is Cc1ccc(-c2ccccc2C(=O)N(Cc2ccccc2C)C2Cc3ccccc3C2)cc1. The van der Waals surface area contributed by atoms with Gasteiger partial charge in [-0.2, -0.15) is 0 Å². The summed E-state index contributed by atoms with van der Waals surface area (Å²) in [7, 11) is 0. The van der Waals surface area contributed by atoms with E-state index in [1.54, 1.807) is 0 Å². The van der Waals surface area contributed by atoms with Crippen LogP contribution in [0.4, 0.5) is 0 Å². The molecule has 0 unspecified atom stereocenters. The van der Waals surface area contributed by atoms with Gasteiger partial charge in [0.05, 0.1) is 0 Å². The van der Waals surface area contributed by atoms with Crippen molar-refractivity contribution in [3.63, 3.8) is 0 Å². The number of nitrogens with zero attached hydrogens (tertiary/aromatic N) is 1. The van der Waals surface area contributed by atoms with E-state index in [0.717, 1.165) is 29.5 Å². The largest absolute Gasteiger partial charge is 0.331 e. The van der Waals surface area contributed by atoms with Crippen LogP contribution in [0, 0.1) is 13.8 Å². The molecule has 0 aromatic heterocycles. The molecule has 0 radical (unpaired) electrons. The van der Waals surface area contributed by atoms with E-state index in [2.05, 4.69) is 97.6 Å². The van der Waals surface area contributed by atoms with E-state index < -0.39 is 0 Å². The molecular weight excluding hydrogens is 402 g/mol. The predicted octanol–water partition coefficient (Wildman–Crippen LogP) is 6.78.